The van der Waals surface area contributed by atoms with Crippen molar-refractivity contribution in [2.75, 3.05) is 5.75 Å². The van der Waals surface area contributed by atoms with Crippen molar-refractivity contribution in [2.45, 2.75) is 31.9 Å². The van der Waals surface area contributed by atoms with Gasteiger partial charge in [-0.25, -0.2) is 0 Å². The highest BCUT2D eigenvalue weighted by Gasteiger charge is 2.48. The maximum atomic E-state index is 10.7. The molecule has 0 spiro atoms. The second-order valence-electron chi connectivity index (χ2n) is 4.74. The highest BCUT2D eigenvalue weighted by Crippen LogP contribution is 2.46. The molecule has 1 aromatic heterocycles. The maximum absolute atomic E-state index is 10.7. The van der Waals surface area contributed by atoms with Crippen molar-refractivity contribution in [3.8, 4) is 0 Å². The molecule has 1 aliphatic carbocycles. The van der Waals surface area contributed by atoms with Crippen molar-refractivity contribution < 1.29 is 14.4 Å². The molecule has 2 rings (SSSR count). The lowest BCUT2D eigenvalue weighted by Crippen LogP contribution is -1.99. The van der Waals surface area contributed by atoms with Crippen molar-refractivity contribution in [1.29, 1.82) is 0 Å². The summed E-state index contributed by atoms with van der Waals surface area (Å²) < 4.78 is 5.09. The first-order chi connectivity index (χ1) is 8.08. The van der Waals surface area contributed by atoms with E-state index in [-0.39, 0.29) is 11.8 Å². The number of hydrogen-bond donors (Lipinski definition) is 1. The fourth-order valence-corrected chi connectivity index (χ4v) is 2.49. The zero-order valence-electron chi connectivity index (χ0n) is 9.92. The third-order valence-corrected chi connectivity index (χ3v) is 3.96. The summed E-state index contributed by atoms with van der Waals surface area (Å²) in [5, 5.41) is 12.7. The molecule has 17 heavy (non-hydrogen) atoms. The van der Waals surface area contributed by atoms with Crippen molar-refractivity contribution in [2.24, 2.45) is 11.8 Å². The Kier molecular flexibility index (Phi) is 3.71. The molecule has 0 aromatic carbocycles. The molecule has 1 saturated carbocycles. The summed E-state index contributed by atoms with van der Waals surface area (Å²) >= 11 is 1.77. The minimum absolute atomic E-state index is 0.0659. The van der Waals surface area contributed by atoms with E-state index < -0.39 is 5.97 Å². The zero-order chi connectivity index (χ0) is 12.4. The van der Waals surface area contributed by atoms with E-state index in [0.29, 0.717) is 24.1 Å². The minimum atomic E-state index is -0.774. The van der Waals surface area contributed by atoms with Gasteiger partial charge in [0.05, 0.1) is 17.6 Å². The molecule has 1 aromatic rings. The highest BCUT2D eigenvalue weighted by atomic mass is 32.2. The van der Waals surface area contributed by atoms with E-state index in [0.717, 1.165) is 11.5 Å². The number of carboxylic acid groups (broad SMARTS) is 1. The molecular weight excluding hydrogens is 240 g/mol. The molecule has 5 nitrogen and oxygen atoms in total. The predicted molar refractivity (Wildman–Crippen MR) is 63.8 cm³/mol. The second-order valence-corrected chi connectivity index (χ2v) is 5.78. The molecule has 2 atom stereocenters. The van der Waals surface area contributed by atoms with Gasteiger partial charge in [0, 0.05) is 0 Å². The molecule has 0 bridgehead atoms. The van der Waals surface area contributed by atoms with Gasteiger partial charge in [0.15, 0.2) is 5.82 Å². The van der Waals surface area contributed by atoms with Gasteiger partial charge in [0.2, 0.25) is 5.89 Å². The first-order valence-electron chi connectivity index (χ1n) is 5.71. The number of nitrogens with zero attached hydrogens (tertiary/aromatic N) is 2. The number of carboxylic acids is 1. The van der Waals surface area contributed by atoms with Crippen molar-refractivity contribution >= 4 is 17.7 Å². The number of hydrogen-bond acceptors (Lipinski definition) is 5. The SMILES string of the molecule is CC(C)CSCc1noc(C2CC2C(=O)O)n1. The monoisotopic (exact) mass is 256 g/mol. The summed E-state index contributed by atoms with van der Waals surface area (Å²) in [6.45, 7) is 4.33. The van der Waals surface area contributed by atoms with Crippen LogP contribution in [0, 0.1) is 11.8 Å². The van der Waals surface area contributed by atoms with Gasteiger partial charge in [-0.3, -0.25) is 4.79 Å². The van der Waals surface area contributed by atoms with Gasteiger partial charge in [0.25, 0.3) is 0 Å². The third-order valence-electron chi connectivity index (χ3n) is 2.59. The van der Waals surface area contributed by atoms with Gasteiger partial charge in [-0.15, -0.1) is 0 Å². The van der Waals surface area contributed by atoms with Crippen LogP contribution in [-0.4, -0.2) is 27.0 Å². The van der Waals surface area contributed by atoms with E-state index in [1.807, 2.05) is 0 Å². The molecule has 94 valence electrons. The van der Waals surface area contributed by atoms with Crippen LogP contribution in [0.25, 0.3) is 0 Å². The molecule has 1 N–H and O–H groups in total. The Labute approximate surface area is 104 Å². The third kappa shape index (κ3) is 3.21. The van der Waals surface area contributed by atoms with Gasteiger partial charge >= 0.3 is 5.97 Å². The second kappa shape index (κ2) is 5.08. The largest absolute Gasteiger partial charge is 0.481 e. The van der Waals surface area contributed by atoms with Crippen LogP contribution in [0.3, 0.4) is 0 Å². The Balaban J connectivity index is 1.83. The first-order valence-corrected chi connectivity index (χ1v) is 6.86. The Bertz CT molecular complexity index is 405. The summed E-state index contributed by atoms with van der Waals surface area (Å²) in [6, 6.07) is 0. The number of aliphatic carboxylic acids is 1. The molecule has 0 radical (unpaired) electrons. The summed E-state index contributed by atoms with van der Waals surface area (Å²) in [5.74, 6) is 2.42. The average molecular weight is 256 g/mol. The molecule has 1 heterocycles. The predicted octanol–water partition coefficient (Wildman–Crippen LogP) is 2.15. The average Bonchev–Trinajstić information content (AvgIpc) is 2.92. The summed E-state index contributed by atoms with van der Waals surface area (Å²) in [5.41, 5.74) is 0. The molecule has 2 unspecified atom stereocenters. The quantitative estimate of drug-likeness (QED) is 0.840. The van der Waals surface area contributed by atoms with Crippen LogP contribution in [0.1, 0.15) is 37.9 Å². The minimum Gasteiger partial charge on any atom is -0.481 e. The standard InChI is InChI=1S/C11H16N2O3S/c1-6(2)4-17-5-9-12-10(16-13-9)7-3-8(7)11(14)15/h6-8H,3-5H2,1-2H3,(H,14,15). The van der Waals surface area contributed by atoms with E-state index in [9.17, 15) is 4.79 Å². The topological polar surface area (TPSA) is 76.2 Å². The van der Waals surface area contributed by atoms with Crippen LogP contribution in [0.15, 0.2) is 4.52 Å². The van der Waals surface area contributed by atoms with E-state index >= 15 is 0 Å². The van der Waals surface area contributed by atoms with Gasteiger partial charge in [-0.2, -0.15) is 16.7 Å². The summed E-state index contributed by atoms with van der Waals surface area (Å²) in [7, 11) is 0. The van der Waals surface area contributed by atoms with E-state index in [1.165, 1.54) is 0 Å². The Morgan fingerprint density at radius 3 is 3.00 bits per heavy atom. The molecular formula is C11H16N2O3S. The number of aromatic nitrogens is 2. The molecule has 0 amide bonds. The molecule has 1 aliphatic rings. The molecule has 1 fully saturated rings. The van der Waals surface area contributed by atoms with E-state index in [4.69, 9.17) is 9.63 Å². The van der Waals surface area contributed by atoms with Crippen LogP contribution in [-0.2, 0) is 10.5 Å². The lowest BCUT2D eigenvalue weighted by molar-refractivity contribution is -0.138. The Morgan fingerprint density at radius 2 is 2.41 bits per heavy atom. The van der Waals surface area contributed by atoms with Crippen LogP contribution in [0.4, 0.5) is 0 Å². The van der Waals surface area contributed by atoms with Crippen molar-refractivity contribution in [3.63, 3.8) is 0 Å². The van der Waals surface area contributed by atoms with Gasteiger partial charge < -0.3 is 9.63 Å². The fraction of sp³-hybridized carbons (Fsp3) is 0.727. The maximum Gasteiger partial charge on any atom is 0.307 e. The fourth-order valence-electron chi connectivity index (χ4n) is 1.60. The van der Waals surface area contributed by atoms with Crippen LogP contribution >= 0.6 is 11.8 Å². The summed E-state index contributed by atoms with van der Waals surface area (Å²) in [6.07, 6.45) is 0.621. The van der Waals surface area contributed by atoms with Crippen molar-refractivity contribution in [1.82, 2.24) is 10.1 Å². The van der Waals surface area contributed by atoms with Gasteiger partial charge in [0.1, 0.15) is 0 Å². The Hall–Kier alpha value is -1.04. The highest BCUT2D eigenvalue weighted by molar-refractivity contribution is 7.98. The van der Waals surface area contributed by atoms with Crippen LogP contribution in [0.5, 0.6) is 0 Å². The van der Waals surface area contributed by atoms with Crippen LogP contribution in [0.2, 0.25) is 0 Å². The number of thioether (sulfide) groups is 1. The van der Waals surface area contributed by atoms with E-state index in [2.05, 4.69) is 24.0 Å². The number of rotatable bonds is 6. The normalized spacial score (nSPS) is 23.0. The smallest absolute Gasteiger partial charge is 0.307 e. The lowest BCUT2D eigenvalue weighted by atomic mass is 10.3. The summed E-state index contributed by atoms with van der Waals surface area (Å²) in [4.78, 5) is 14.9. The Morgan fingerprint density at radius 1 is 1.65 bits per heavy atom. The van der Waals surface area contributed by atoms with Gasteiger partial charge in [-0.1, -0.05) is 19.0 Å². The lowest BCUT2D eigenvalue weighted by Gasteiger charge is -2.00. The number of carbonyl (C=O) groups is 1. The first kappa shape index (κ1) is 12.4. The van der Waals surface area contributed by atoms with Crippen molar-refractivity contribution in [3.05, 3.63) is 11.7 Å². The van der Waals surface area contributed by atoms with E-state index in [1.54, 1.807) is 11.8 Å². The molecule has 0 aliphatic heterocycles. The zero-order valence-corrected chi connectivity index (χ0v) is 10.7. The molecule has 0 saturated heterocycles. The molecule has 6 heteroatoms. The van der Waals surface area contributed by atoms with Crippen LogP contribution < -0.4 is 0 Å². The van der Waals surface area contributed by atoms with Gasteiger partial charge in [-0.05, 0) is 18.1 Å².